The van der Waals surface area contributed by atoms with Crippen LogP contribution in [0.1, 0.15) is 225 Å². The molecule has 67 heavy (non-hydrogen) atoms. The number of hydrogen-bond acceptors (Lipinski definition) is 6. The number of unbranched alkanes of at least 4 members (excludes halogenated alkanes) is 30. The minimum Gasteiger partial charge on any atom is -0.307 e. The minimum absolute atomic E-state index is 0. The van der Waals surface area contributed by atoms with Crippen molar-refractivity contribution in [1.29, 1.82) is 0 Å². The van der Waals surface area contributed by atoms with E-state index in [9.17, 15) is 21.4 Å². The van der Waals surface area contributed by atoms with Gasteiger partial charge < -0.3 is 4.79 Å². The van der Waals surface area contributed by atoms with E-state index in [1.54, 1.807) is 18.2 Å². The lowest BCUT2D eigenvalue weighted by Gasteiger charge is -2.11. The quantitative estimate of drug-likeness (QED) is 0.0207. The Hall–Kier alpha value is -2.34. The summed E-state index contributed by atoms with van der Waals surface area (Å²) in [4.78, 5) is 8.36. The summed E-state index contributed by atoms with van der Waals surface area (Å²) in [5.41, 5.74) is 0.733. The third-order valence-electron chi connectivity index (χ3n) is 12.8. The Labute approximate surface area is 425 Å². The maximum Gasteiger partial charge on any atom is 0.297 e. The molecule has 4 rings (SSSR count). The molecule has 0 heterocycles. The molecule has 374 valence electrons. The molecular weight excluding hydrogens is 885 g/mol. The number of rotatable bonds is 37. The van der Waals surface area contributed by atoms with Crippen LogP contribution in [0.25, 0.3) is 21.5 Å². The number of fused-ring (bicyclic) bond motifs is 2. The number of hydrogen-bond donors (Lipinski definition) is 1. The Morgan fingerprint density at radius 3 is 1.18 bits per heavy atom. The van der Waals surface area contributed by atoms with Crippen molar-refractivity contribution in [1.82, 2.24) is 0 Å². The molecule has 0 unspecified atom stereocenters. The monoisotopic (exact) mass is 975 g/mol. The molecular formula is C57H90MgO7S2. The molecule has 0 saturated heterocycles. The highest BCUT2D eigenvalue weighted by Crippen LogP contribution is 2.29. The molecule has 0 fully saturated rings. The van der Waals surface area contributed by atoms with Gasteiger partial charge in [-0.1, -0.05) is 279 Å². The second kappa shape index (κ2) is 40.4. The second-order valence-electron chi connectivity index (χ2n) is 18.4. The van der Waals surface area contributed by atoms with E-state index in [1.165, 1.54) is 173 Å². The second-order valence-corrected chi connectivity index (χ2v) is 21.3. The van der Waals surface area contributed by atoms with Gasteiger partial charge in [0.15, 0.2) is 0 Å². The molecule has 7 nitrogen and oxygen atoms in total. The lowest BCUT2D eigenvalue weighted by atomic mass is 10.0. The zero-order valence-electron chi connectivity index (χ0n) is 42.2. The molecule has 10 heteroatoms. The molecule has 0 amide bonds. The molecule has 0 aliphatic carbocycles. The van der Waals surface area contributed by atoms with Crippen molar-refractivity contribution in [2.75, 3.05) is 6.61 Å². The van der Waals surface area contributed by atoms with Crippen molar-refractivity contribution >= 4 is 71.6 Å². The molecule has 0 aliphatic rings. The van der Waals surface area contributed by atoms with Gasteiger partial charge in [-0.15, -0.1) is 0 Å². The van der Waals surface area contributed by atoms with Crippen molar-refractivity contribution < 1.29 is 30.4 Å². The first-order valence-electron chi connectivity index (χ1n) is 26.3. The zero-order valence-corrected chi connectivity index (χ0v) is 45.2. The summed E-state index contributed by atoms with van der Waals surface area (Å²) in [5.74, 6) is 0. The van der Waals surface area contributed by atoms with Gasteiger partial charge in [-0.05, 0) is 41.7 Å². The molecule has 0 atom stereocenters. The van der Waals surface area contributed by atoms with Crippen LogP contribution in [0.4, 0.5) is 0 Å². The van der Waals surface area contributed by atoms with Gasteiger partial charge in [0.05, 0.1) is 6.61 Å². The van der Waals surface area contributed by atoms with Crippen LogP contribution in [-0.2, 0) is 35.6 Å². The highest BCUT2D eigenvalue weighted by molar-refractivity contribution is 7.87. The predicted octanol–water partition coefficient (Wildman–Crippen LogP) is 17.1. The van der Waals surface area contributed by atoms with E-state index in [4.69, 9.17) is 8.98 Å². The molecule has 4 aromatic rings. The predicted molar refractivity (Wildman–Crippen MR) is 287 cm³/mol. The standard InChI is InChI=1S/2C28H44O3S.CH2O.Mg/c1-2-3-4-5-6-7-8-9-10-11-12-13-14-15-16-19-25-31-32(29,30)28-24-20-22-26-21-17-18-23-27(26)28;1-2-3-4-5-6-7-8-9-10-11-12-13-14-15-16-17-21-26-24-23-25-20-18-19-22-27(25)28(26)32(29,30)31;1-2;/h17-18,20-24H,2-16,19,25H2,1H3;18-20,22-24H,2-17,21H2,1H3,(H,29,30,31);1H2;. The number of carbonyl (C=O) groups excluding carboxylic acids is 1. The van der Waals surface area contributed by atoms with Gasteiger partial charge in [-0.2, -0.15) is 16.8 Å². The minimum atomic E-state index is -4.23. The van der Waals surface area contributed by atoms with E-state index >= 15 is 0 Å². The van der Waals surface area contributed by atoms with E-state index < -0.39 is 20.2 Å². The molecule has 0 aromatic heterocycles. The van der Waals surface area contributed by atoms with Crippen molar-refractivity contribution in [3.8, 4) is 0 Å². The summed E-state index contributed by atoms with van der Waals surface area (Å²) < 4.78 is 64.2. The first-order valence-corrected chi connectivity index (χ1v) is 29.2. The van der Waals surface area contributed by atoms with Crippen LogP contribution in [0.5, 0.6) is 0 Å². The van der Waals surface area contributed by atoms with Crippen LogP contribution >= 0.6 is 0 Å². The Morgan fingerprint density at radius 2 is 0.761 bits per heavy atom. The fraction of sp³-hybridized carbons (Fsp3) is 0.632. The van der Waals surface area contributed by atoms with Gasteiger partial charge >= 0.3 is 0 Å². The van der Waals surface area contributed by atoms with E-state index in [-0.39, 0.29) is 39.5 Å². The first kappa shape index (κ1) is 62.7. The van der Waals surface area contributed by atoms with E-state index in [2.05, 4.69) is 13.8 Å². The van der Waals surface area contributed by atoms with E-state index in [0.717, 1.165) is 53.8 Å². The maximum atomic E-state index is 12.6. The molecule has 0 saturated carbocycles. The Kier molecular flexibility index (Phi) is 37.8. The van der Waals surface area contributed by atoms with Crippen LogP contribution in [0.3, 0.4) is 0 Å². The maximum absolute atomic E-state index is 12.6. The summed E-state index contributed by atoms with van der Waals surface area (Å²) in [6.45, 7) is 6.81. The molecule has 0 aliphatic heterocycles. The summed E-state index contributed by atoms with van der Waals surface area (Å²) in [5, 5.41) is 3.10. The molecule has 1 N–H and O–H groups in total. The van der Waals surface area contributed by atoms with Crippen LogP contribution in [-0.4, -0.2) is 57.8 Å². The van der Waals surface area contributed by atoms with Gasteiger partial charge in [0, 0.05) is 33.8 Å². The van der Waals surface area contributed by atoms with Gasteiger partial charge in [0.2, 0.25) is 0 Å². The molecule has 2 radical (unpaired) electrons. The Morgan fingerprint density at radius 1 is 0.418 bits per heavy atom. The molecule has 0 spiro atoms. The van der Waals surface area contributed by atoms with Gasteiger partial charge in [-0.25, -0.2) is 0 Å². The summed E-state index contributed by atoms with van der Waals surface area (Å²) in [6.07, 6.45) is 42.7. The van der Waals surface area contributed by atoms with Crippen molar-refractivity contribution in [3.63, 3.8) is 0 Å². The largest absolute Gasteiger partial charge is 0.307 e. The molecule has 0 bridgehead atoms. The van der Waals surface area contributed by atoms with E-state index in [1.807, 2.05) is 67.5 Å². The zero-order chi connectivity index (χ0) is 48.0. The van der Waals surface area contributed by atoms with Crippen molar-refractivity contribution in [2.45, 2.75) is 236 Å². The lowest BCUT2D eigenvalue weighted by molar-refractivity contribution is -0.0980. The Bertz CT molecular complexity index is 2030. The van der Waals surface area contributed by atoms with Crippen LogP contribution in [0.15, 0.2) is 88.7 Å². The average Bonchev–Trinajstić information content (AvgIpc) is 3.32. The Balaban J connectivity index is 0.000000637. The number of benzene rings is 4. The highest BCUT2D eigenvalue weighted by Gasteiger charge is 2.19. The fourth-order valence-electron chi connectivity index (χ4n) is 8.95. The van der Waals surface area contributed by atoms with Gasteiger partial charge in [-0.3, -0.25) is 8.74 Å². The van der Waals surface area contributed by atoms with Crippen molar-refractivity contribution in [3.05, 3.63) is 84.4 Å². The third-order valence-corrected chi connectivity index (χ3v) is 15.1. The number of aryl methyl sites for hydroxylation is 1. The first-order chi connectivity index (χ1) is 32.2. The molecule has 4 aromatic carbocycles. The average molecular weight is 976 g/mol. The van der Waals surface area contributed by atoms with Crippen LogP contribution in [0, 0.1) is 0 Å². The third kappa shape index (κ3) is 28.2. The van der Waals surface area contributed by atoms with Crippen LogP contribution in [0.2, 0.25) is 0 Å². The smallest absolute Gasteiger partial charge is 0.297 e. The number of carbonyl (C=O) groups is 1. The van der Waals surface area contributed by atoms with E-state index in [0.29, 0.717) is 11.8 Å². The lowest BCUT2D eigenvalue weighted by Crippen LogP contribution is -2.08. The fourth-order valence-corrected chi connectivity index (χ4v) is 11.1. The van der Waals surface area contributed by atoms with Gasteiger partial charge in [0.25, 0.3) is 20.2 Å². The topological polar surface area (TPSA) is 115 Å². The van der Waals surface area contributed by atoms with Crippen LogP contribution < -0.4 is 0 Å². The van der Waals surface area contributed by atoms with Gasteiger partial charge in [0.1, 0.15) is 16.6 Å². The normalized spacial score (nSPS) is 11.4. The summed E-state index contributed by atoms with van der Waals surface area (Å²) >= 11 is 0. The van der Waals surface area contributed by atoms with Crippen molar-refractivity contribution in [2.24, 2.45) is 0 Å². The highest BCUT2D eigenvalue weighted by atomic mass is 32.2. The summed E-state index contributed by atoms with van der Waals surface area (Å²) in [6, 6.07) is 24.0. The SMILES string of the molecule is C=O.CCCCCCCCCCCCCCCCCCOS(=O)(=O)c1cccc2ccccc12.CCCCCCCCCCCCCCCCCCc1ccc2ccccc2c1S(=O)(=O)O.[Mg]. The summed E-state index contributed by atoms with van der Waals surface area (Å²) in [7, 11) is -7.94.